The van der Waals surface area contributed by atoms with Gasteiger partial charge in [-0.1, -0.05) is 29.0 Å². The van der Waals surface area contributed by atoms with Crippen LogP contribution >= 0.6 is 11.6 Å². The molecule has 0 saturated carbocycles. The summed E-state index contributed by atoms with van der Waals surface area (Å²) >= 11 is 6.10. The van der Waals surface area contributed by atoms with E-state index >= 15 is 0 Å². The highest BCUT2D eigenvalue weighted by Gasteiger charge is 2.55. The van der Waals surface area contributed by atoms with Gasteiger partial charge in [0.1, 0.15) is 18.1 Å². The molecular weight excluding hydrogens is 417 g/mol. The number of hydrogen-bond donors (Lipinski definition) is 1. The van der Waals surface area contributed by atoms with E-state index in [1.165, 1.54) is 43.5 Å². The van der Waals surface area contributed by atoms with Crippen LogP contribution in [0.4, 0.5) is 15.8 Å². The Hall–Kier alpha value is -3.53. The van der Waals surface area contributed by atoms with Gasteiger partial charge in [-0.2, -0.15) is 5.11 Å². The fraction of sp³-hybridized carbons (Fsp3) is 0.211. The lowest BCUT2D eigenvalue weighted by Gasteiger charge is -2.20. The molecule has 0 aromatic heterocycles. The van der Waals surface area contributed by atoms with E-state index in [4.69, 9.17) is 16.3 Å². The van der Waals surface area contributed by atoms with E-state index in [-0.39, 0.29) is 22.9 Å². The van der Waals surface area contributed by atoms with Crippen LogP contribution in [0.5, 0.6) is 5.75 Å². The van der Waals surface area contributed by atoms with Gasteiger partial charge in [-0.3, -0.25) is 19.4 Å². The zero-order valence-electron chi connectivity index (χ0n) is 15.6. The average Bonchev–Trinajstić information content (AvgIpc) is 3.23. The lowest BCUT2D eigenvalue weighted by molar-refractivity contribution is -0.123. The summed E-state index contributed by atoms with van der Waals surface area (Å²) in [5.74, 6) is -1.97. The maximum atomic E-state index is 13.7. The molecule has 1 N–H and O–H groups in total. The molecule has 2 aliphatic rings. The third-order valence-electron chi connectivity index (χ3n) is 4.71. The lowest BCUT2D eigenvalue weighted by atomic mass is 10.1. The summed E-state index contributed by atoms with van der Waals surface area (Å²) in [6, 6.07) is 8.03. The number of rotatable bonds is 5. The van der Waals surface area contributed by atoms with Gasteiger partial charge < -0.3 is 10.1 Å². The van der Waals surface area contributed by atoms with Crippen LogP contribution in [0.15, 0.2) is 52.8 Å². The Balaban J connectivity index is 1.51. The third kappa shape index (κ3) is 3.35. The quantitative estimate of drug-likeness (QED) is 0.732. The molecular formula is C19H15ClFN5O4. The number of ether oxygens (including phenoxy) is 1. The number of carbonyl (C=O) groups is 3. The van der Waals surface area contributed by atoms with E-state index in [0.29, 0.717) is 5.75 Å². The van der Waals surface area contributed by atoms with Crippen molar-refractivity contribution in [2.24, 2.45) is 10.3 Å². The summed E-state index contributed by atoms with van der Waals surface area (Å²) in [5.41, 5.74) is 0.259. The minimum absolute atomic E-state index is 0.00138. The molecule has 2 aliphatic heterocycles. The van der Waals surface area contributed by atoms with Gasteiger partial charge in [0.25, 0.3) is 11.8 Å². The lowest BCUT2D eigenvalue weighted by Crippen LogP contribution is -2.43. The van der Waals surface area contributed by atoms with Crippen molar-refractivity contribution in [2.45, 2.75) is 12.1 Å². The number of imide groups is 1. The van der Waals surface area contributed by atoms with Crippen molar-refractivity contribution in [3.8, 4) is 5.75 Å². The van der Waals surface area contributed by atoms with Gasteiger partial charge in [0.05, 0.1) is 23.5 Å². The second kappa shape index (κ2) is 7.71. The van der Waals surface area contributed by atoms with Gasteiger partial charge in [0, 0.05) is 0 Å². The molecule has 4 rings (SSSR count). The Kier molecular flexibility index (Phi) is 5.08. The van der Waals surface area contributed by atoms with Crippen molar-refractivity contribution in [3.05, 3.63) is 53.3 Å². The maximum Gasteiger partial charge on any atom is 0.263 e. The van der Waals surface area contributed by atoms with Crippen molar-refractivity contribution in [1.29, 1.82) is 0 Å². The van der Waals surface area contributed by atoms with Crippen LogP contribution < -0.4 is 15.0 Å². The first kappa shape index (κ1) is 19.8. The molecule has 2 aromatic rings. The highest BCUT2D eigenvalue weighted by atomic mass is 35.5. The molecule has 2 unspecified atom stereocenters. The molecule has 11 heteroatoms. The number of benzene rings is 2. The van der Waals surface area contributed by atoms with Crippen molar-refractivity contribution < 1.29 is 23.5 Å². The van der Waals surface area contributed by atoms with Crippen molar-refractivity contribution >= 4 is 40.7 Å². The Morgan fingerprint density at radius 2 is 2.00 bits per heavy atom. The first-order valence-corrected chi connectivity index (χ1v) is 9.21. The molecule has 2 atom stereocenters. The van der Waals surface area contributed by atoms with Gasteiger partial charge in [0.2, 0.25) is 5.91 Å². The number of nitrogens with one attached hydrogen (secondary N) is 1. The number of nitrogens with zero attached hydrogens (tertiary/aromatic N) is 4. The SMILES string of the molecule is COc1ccc(N2C(=O)C3N=NN(CC(=O)Nc4ccccc4F)C3C2=O)cc1Cl. The minimum Gasteiger partial charge on any atom is -0.495 e. The van der Waals surface area contributed by atoms with E-state index in [2.05, 4.69) is 15.7 Å². The zero-order valence-corrected chi connectivity index (χ0v) is 16.3. The van der Waals surface area contributed by atoms with Crippen molar-refractivity contribution in [3.63, 3.8) is 0 Å². The molecule has 0 bridgehead atoms. The third-order valence-corrected chi connectivity index (χ3v) is 5.00. The Labute approximate surface area is 175 Å². The molecule has 1 fully saturated rings. The summed E-state index contributed by atoms with van der Waals surface area (Å²) in [6.45, 7) is -0.380. The number of hydrogen-bond acceptors (Lipinski definition) is 7. The summed E-state index contributed by atoms with van der Waals surface area (Å²) in [4.78, 5) is 38.9. The molecule has 3 amide bonds. The first-order valence-electron chi connectivity index (χ1n) is 8.84. The highest BCUT2D eigenvalue weighted by Crippen LogP contribution is 2.35. The number of carbonyl (C=O) groups excluding carboxylic acids is 3. The van der Waals surface area contributed by atoms with Crippen LogP contribution in [-0.2, 0) is 14.4 Å². The summed E-state index contributed by atoms with van der Waals surface area (Å²) < 4.78 is 18.8. The number of amides is 3. The van der Waals surface area contributed by atoms with Crippen LogP contribution in [0.25, 0.3) is 0 Å². The molecule has 2 heterocycles. The number of anilines is 2. The first-order chi connectivity index (χ1) is 14.4. The monoisotopic (exact) mass is 431 g/mol. The Morgan fingerprint density at radius 3 is 2.70 bits per heavy atom. The standard InChI is InChI=1S/C19H15ClFN5O4/c1-30-14-7-6-10(8-11(14)20)26-18(28)16-17(19(26)29)25(24-23-16)9-15(27)22-13-5-3-2-4-12(13)21/h2-8,16-17H,9H2,1H3,(H,22,27). The Morgan fingerprint density at radius 1 is 1.23 bits per heavy atom. The molecule has 0 radical (unpaired) electrons. The van der Waals surface area contributed by atoms with E-state index in [1.54, 1.807) is 6.07 Å². The molecule has 30 heavy (non-hydrogen) atoms. The zero-order chi connectivity index (χ0) is 21.4. The molecule has 0 spiro atoms. The topological polar surface area (TPSA) is 104 Å². The minimum atomic E-state index is -1.07. The van der Waals surface area contributed by atoms with Crippen LogP contribution in [0.2, 0.25) is 5.02 Å². The van der Waals surface area contributed by atoms with Gasteiger partial charge in [-0.25, -0.2) is 9.29 Å². The number of methoxy groups -OCH3 is 1. The predicted molar refractivity (Wildman–Crippen MR) is 105 cm³/mol. The molecule has 2 aromatic carbocycles. The van der Waals surface area contributed by atoms with Gasteiger partial charge in [-0.05, 0) is 30.3 Å². The van der Waals surface area contributed by atoms with Gasteiger partial charge >= 0.3 is 0 Å². The number of para-hydroxylation sites is 1. The van der Waals surface area contributed by atoms with E-state index in [0.717, 1.165) is 9.91 Å². The van der Waals surface area contributed by atoms with Gasteiger partial charge in [0.15, 0.2) is 12.1 Å². The highest BCUT2D eigenvalue weighted by molar-refractivity contribution is 6.33. The fourth-order valence-electron chi connectivity index (χ4n) is 3.30. The van der Waals surface area contributed by atoms with E-state index < -0.39 is 35.6 Å². The number of halogens is 2. The summed E-state index contributed by atoms with van der Waals surface area (Å²) in [5, 5.41) is 11.4. The second-order valence-corrected chi connectivity index (χ2v) is 6.96. The largest absolute Gasteiger partial charge is 0.495 e. The van der Waals surface area contributed by atoms with Crippen LogP contribution in [0.1, 0.15) is 0 Å². The summed E-state index contributed by atoms with van der Waals surface area (Å²) in [6.07, 6.45) is 0. The number of fused-ring (bicyclic) bond motifs is 1. The van der Waals surface area contributed by atoms with Crippen LogP contribution in [0.3, 0.4) is 0 Å². The second-order valence-electron chi connectivity index (χ2n) is 6.55. The normalized spacial score (nSPS) is 20.0. The molecule has 0 aliphatic carbocycles. The maximum absolute atomic E-state index is 13.7. The van der Waals surface area contributed by atoms with Crippen LogP contribution in [-0.4, -0.2) is 48.5 Å². The van der Waals surface area contributed by atoms with E-state index in [9.17, 15) is 18.8 Å². The van der Waals surface area contributed by atoms with Crippen molar-refractivity contribution in [2.75, 3.05) is 23.9 Å². The molecule has 1 saturated heterocycles. The molecule has 9 nitrogen and oxygen atoms in total. The Bertz CT molecular complexity index is 1080. The smallest absolute Gasteiger partial charge is 0.263 e. The average molecular weight is 432 g/mol. The van der Waals surface area contributed by atoms with Crippen molar-refractivity contribution in [1.82, 2.24) is 5.01 Å². The van der Waals surface area contributed by atoms with Crippen LogP contribution in [0, 0.1) is 5.82 Å². The molecule has 154 valence electrons. The summed E-state index contributed by atoms with van der Waals surface area (Å²) in [7, 11) is 1.45. The van der Waals surface area contributed by atoms with Gasteiger partial charge in [-0.15, -0.1) is 0 Å². The fourth-order valence-corrected chi connectivity index (χ4v) is 3.55. The predicted octanol–water partition coefficient (Wildman–Crippen LogP) is 2.42. The van der Waals surface area contributed by atoms with E-state index in [1.807, 2.05) is 0 Å².